The van der Waals surface area contributed by atoms with Gasteiger partial charge in [-0.25, -0.2) is 0 Å². The summed E-state index contributed by atoms with van der Waals surface area (Å²) in [5, 5.41) is 7.69. The number of halogens is 3. The zero-order valence-corrected chi connectivity index (χ0v) is 10.7. The van der Waals surface area contributed by atoms with E-state index in [0.29, 0.717) is 23.6 Å². The molecule has 1 fully saturated rings. The van der Waals surface area contributed by atoms with Crippen molar-refractivity contribution in [3.63, 3.8) is 0 Å². The summed E-state index contributed by atoms with van der Waals surface area (Å²) < 4.78 is 38.0. The third-order valence-electron chi connectivity index (χ3n) is 2.71. The standard InChI is InChI=1S/C10H18F3N3S/c1-6-3-16(4-7(2)17-6)5-8(9(14)15)10(11,12)13/h6-8H,3-5H2,1-2H3,(H3,14,15). The lowest BCUT2D eigenvalue weighted by Gasteiger charge is -2.36. The summed E-state index contributed by atoms with van der Waals surface area (Å²) in [6.07, 6.45) is -4.43. The molecule has 17 heavy (non-hydrogen) atoms. The van der Waals surface area contributed by atoms with Gasteiger partial charge in [0.05, 0.1) is 0 Å². The molecule has 0 bridgehead atoms. The van der Waals surface area contributed by atoms with Crippen LogP contribution in [0.2, 0.25) is 0 Å². The Morgan fingerprint density at radius 3 is 2.24 bits per heavy atom. The molecule has 3 N–H and O–H groups in total. The average molecular weight is 269 g/mol. The molecule has 1 heterocycles. The third-order valence-corrected chi connectivity index (χ3v) is 3.93. The molecular formula is C10H18F3N3S. The van der Waals surface area contributed by atoms with E-state index in [1.165, 1.54) is 0 Å². The molecule has 0 aliphatic carbocycles. The lowest BCUT2D eigenvalue weighted by atomic mass is 10.1. The minimum Gasteiger partial charge on any atom is -0.387 e. The fourth-order valence-electron chi connectivity index (χ4n) is 2.07. The number of hydrogen-bond donors (Lipinski definition) is 2. The van der Waals surface area contributed by atoms with Crippen LogP contribution in [-0.2, 0) is 0 Å². The first-order chi connectivity index (χ1) is 7.70. The van der Waals surface area contributed by atoms with Crippen LogP contribution in [0.25, 0.3) is 0 Å². The first-order valence-corrected chi connectivity index (χ1v) is 6.43. The van der Waals surface area contributed by atoms with E-state index < -0.39 is 17.9 Å². The van der Waals surface area contributed by atoms with Crippen molar-refractivity contribution in [1.82, 2.24) is 4.90 Å². The van der Waals surface area contributed by atoms with Gasteiger partial charge < -0.3 is 10.6 Å². The van der Waals surface area contributed by atoms with Crippen LogP contribution in [0.15, 0.2) is 0 Å². The van der Waals surface area contributed by atoms with Crippen LogP contribution in [-0.4, -0.2) is 47.0 Å². The quantitative estimate of drug-likeness (QED) is 0.608. The number of amidine groups is 1. The second kappa shape index (κ2) is 5.48. The van der Waals surface area contributed by atoms with E-state index in [4.69, 9.17) is 11.1 Å². The monoisotopic (exact) mass is 269 g/mol. The Morgan fingerprint density at radius 1 is 1.41 bits per heavy atom. The fraction of sp³-hybridized carbons (Fsp3) is 0.900. The lowest BCUT2D eigenvalue weighted by molar-refractivity contribution is -0.160. The summed E-state index contributed by atoms with van der Waals surface area (Å²) in [6.45, 7) is 5.05. The topological polar surface area (TPSA) is 53.1 Å². The Labute approximate surface area is 103 Å². The summed E-state index contributed by atoms with van der Waals surface area (Å²) in [4.78, 5) is 1.76. The molecule has 0 saturated carbocycles. The van der Waals surface area contributed by atoms with Crippen molar-refractivity contribution in [2.24, 2.45) is 11.7 Å². The molecule has 7 heteroatoms. The van der Waals surface area contributed by atoms with Crippen molar-refractivity contribution in [2.45, 2.75) is 30.5 Å². The van der Waals surface area contributed by atoms with Crippen molar-refractivity contribution < 1.29 is 13.2 Å². The zero-order chi connectivity index (χ0) is 13.2. The molecule has 3 unspecified atom stereocenters. The van der Waals surface area contributed by atoms with Crippen molar-refractivity contribution in [1.29, 1.82) is 5.41 Å². The second-order valence-corrected chi connectivity index (χ2v) is 6.41. The third kappa shape index (κ3) is 4.39. The van der Waals surface area contributed by atoms with Crippen LogP contribution < -0.4 is 5.73 Å². The van der Waals surface area contributed by atoms with Crippen molar-refractivity contribution >= 4 is 17.6 Å². The minimum atomic E-state index is -4.43. The van der Waals surface area contributed by atoms with Crippen LogP contribution in [0, 0.1) is 11.3 Å². The van der Waals surface area contributed by atoms with Gasteiger partial charge in [0.25, 0.3) is 0 Å². The lowest BCUT2D eigenvalue weighted by Crippen LogP contribution is -2.48. The Balaban J connectivity index is 2.64. The smallest absolute Gasteiger partial charge is 0.387 e. The number of nitrogens with two attached hydrogens (primary N) is 1. The van der Waals surface area contributed by atoms with Gasteiger partial charge in [-0.1, -0.05) is 13.8 Å². The molecule has 1 rings (SSSR count). The fourth-order valence-corrected chi connectivity index (χ4v) is 3.46. The van der Waals surface area contributed by atoms with Crippen LogP contribution in [0.1, 0.15) is 13.8 Å². The predicted molar refractivity (Wildman–Crippen MR) is 64.4 cm³/mol. The second-order valence-electron chi connectivity index (χ2n) is 4.53. The van der Waals surface area contributed by atoms with Crippen LogP contribution in [0.4, 0.5) is 13.2 Å². The first kappa shape index (κ1) is 14.6. The maximum Gasteiger partial charge on any atom is 0.399 e. The van der Waals surface area contributed by atoms with E-state index in [0.717, 1.165) is 0 Å². The van der Waals surface area contributed by atoms with Crippen molar-refractivity contribution in [3.8, 4) is 0 Å². The zero-order valence-electron chi connectivity index (χ0n) is 9.92. The largest absolute Gasteiger partial charge is 0.399 e. The van der Waals surface area contributed by atoms with Gasteiger partial charge in [-0.05, 0) is 0 Å². The molecule has 100 valence electrons. The maximum atomic E-state index is 12.7. The van der Waals surface area contributed by atoms with Gasteiger partial charge in [-0.15, -0.1) is 0 Å². The van der Waals surface area contributed by atoms with E-state index in [1.807, 2.05) is 13.8 Å². The number of nitrogens with zero attached hydrogens (tertiary/aromatic N) is 1. The Morgan fingerprint density at radius 2 is 1.88 bits per heavy atom. The van der Waals surface area contributed by atoms with Gasteiger partial charge in [0.1, 0.15) is 11.8 Å². The maximum absolute atomic E-state index is 12.7. The molecule has 0 amide bonds. The predicted octanol–water partition coefficient (Wildman–Crippen LogP) is 1.93. The summed E-state index contributed by atoms with van der Waals surface area (Å²) in [5.74, 6) is -2.64. The van der Waals surface area contributed by atoms with E-state index in [9.17, 15) is 13.2 Å². The highest BCUT2D eigenvalue weighted by atomic mass is 32.2. The normalized spacial score (nSPS) is 29.0. The molecule has 0 aromatic rings. The molecule has 0 spiro atoms. The van der Waals surface area contributed by atoms with Crippen LogP contribution in [0.3, 0.4) is 0 Å². The van der Waals surface area contributed by atoms with Crippen LogP contribution in [0.5, 0.6) is 0 Å². The summed E-state index contributed by atoms with van der Waals surface area (Å²) in [6, 6.07) is 0. The van der Waals surface area contributed by atoms with E-state index >= 15 is 0 Å². The number of hydrogen-bond acceptors (Lipinski definition) is 3. The summed E-state index contributed by atoms with van der Waals surface area (Å²) >= 11 is 1.78. The molecule has 3 atom stereocenters. The van der Waals surface area contributed by atoms with Gasteiger partial charge >= 0.3 is 6.18 Å². The van der Waals surface area contributed by atoms with Gasteiger partial charge in [0.15, 0.2) is 0 Å². The summed E-state index contributed by atoms with van der Waals surface area (Å²) in [5.41, 5.74) is 5.04. The highest BCUT2D eigenvalue weighted by Gasteiger charge is 2.43. The van der Waals surface area contributed by atoms with Gasteiger partial charge in [-0.3, -0.25) is 5.41 Å². The SMILES string of the molecule is CC1CN(CC(C(=N)N)C(F)(F)F)CC(C)S1. The van der Waals surface area contributed by atoms with Gasteiger partial charge in [0, 0.05) is 30.1 Å². The molecule has 3 nitrogen and oxygen atoms in total. The number of nitrogens with one attached hydrogen (secondary N) is 1. The molecule has 0 radical (unpaired) electrons. The molecule has 1 aliphatic rings. The highest BCUT2D eigenvalue weighted by molar-refractivity contribution is 8.00. The molecule has 0 aromatic carbocycles. The molecule has 1 aliphatic heterocycles. The highest BCUT2D eigenvalue weighted by Crippen LogP contribution is 2.30. The molecule has 1 saturated heterocycles. The molecule has 0 aromatic heterocycles. The van der Waals surface area contributed by atoms with E-state index in [2.05, 4.69) is 0 Å². The number of rotatable bonds is 3. The average Bonchev–Trinajstić information content (AvgIpc) is 2.10. The van der Waals surface area contributed by atoms with Crippen LogP contribution >= 0.6 is 11.8 Å². The Hall–Kier alpha value is -0.430. The molecular weight excluding hydrogens is 251 g/mol. The first-order valence-electron chi connectivity index (χ1n) is 5.48. The van der Waals surface area contributed by atoms with Gasteiger partial charge in [0.2, 0.25) is 0 Å². The van der Waals surface area contributed by atoms with Gasteiger partial charge in [-0.2, -0.15) is 24.9 Å². The Kier molecular flexibility index (Phi) is 4.71. The minimum absolute atomic E-state index is 0.200. The Bertz CT molecular complexity index is 272. The van der Waals surface area contributed by atoms with E-state index in [1.54, 1.807) is 16.7 Å². The van der Waals surface area contributed by atoms with E-state index in [-0.39, 0.29) is 6.54 Å². The van der Waals surface area contributed by atoms with Crippen molar-refractivity contribution in [2.75, 3.05) is 19.6 Å². The number of alkyl halides is 3. The summed E-state index contributed by atoms with van der Waals surface area (Å²) in [7, 11) is 0. The number of thioether (sulfide) groups is 1. The van der Waals surface area contributed by atoms with Crippen molar-refractivity contribution in [3.05, 3.63) is 0 Å².